The van der Waals surface area contributed by atoms with Gasteiger partial charge in [0, 0.05) is 0 Å². The van der Waals surface area contributed by atoms with E-state index in [0.29, 0.717) is 24.7 Å². The Morgan fingerprint density at radius 3 is 2.29 bits per heavy atom. The molecule has 0 atom stereocenters. The molecule has 2 aromatic rings. The molecule has 0 heterocycles. The van der Waals surface area contributed by atoms with E-state index in [9.17, 15) is 0 Å². The molecule has 0 amide bonds. The molecule has 0 fully saturated rings. The van der Waals surface area contributed by atoms with Gasteiger partial charge in [0.1, 0.15) is 19.0 Å². The molecule has 5 nitrogen and oxygen atoms in total. The molecule has 5 heteroatoms. The van der Waals surface area contributed by atoms with E-state index in [1.807, 2.05) is 24.3 Å². The van der Waals surface area contributed by atoms with Crippen LogP contribution in [-0.2, 0) is 0 Å². The van der Waals surface area contributed by atoms with Gasteiger partial charge in [-0.1, -0.05) is 17.3 Å². The highest BCUT2D eigenvalue weighted by molar-refractivity contribution is 5.79. The lowest BCUT2D eigenvalue weighted by atomic mass is 10.2. The number of methoxy groups -OCH3 is 1. The van der Waals surface area contributed by atoms with Crippen LogP contribution in [0.1, 0.15) is 5.56 Å². The molecule has 0 unspecified atom stereocenters. The highest BCUT2D eigenvalue weighted by Gasteiger charge is 2.02. The number of benzene rings is 2. The van der Waals surface area contributed by atoms with Crippen LogP contribution >= 0.6 is 0 Å². The van der Waals surface area contributed by atoms with Gasteiger partial charge in [-0.15, -0.1) is 0 Å². The van der Waals surface area contributed by atoms with Gasteiger partial charge >= 0.3 is 0 Å². The maximum absolute atomic E-state index is 8.42. The van der Waals surface area contributed by atoms with E-state index in [1.165, 1.54) is 6.21 Å². The van der Waals surface area contributed by atoms with Crippen molar-refractivity contribution in [1.82, 2.24) is 0 Å². The summed E-state index contributed by atoms with van der Waals surface area (Å²) in [5.74, 6) is 2.12. The third-order valence-electron chi connectivity index (χ3n) is 2.77. The second-order valence-electron chi connectivity index (χ2n) is 4.16. The van der Waals surface area contributed by atoms with Gasteiger partial charge in [-0.3, -0.25) is 0 Å². The summed E-state index contributed by atoms with van der Waals surface area (Å²) in [5, 5.41) is 11.4. The summed E-state index contributed by atoms with van der Waals surface area (Å²) in [6, 6.07) is 14.7. The molecular weight excluding hydrogens is 270 g/mol. The molecule has 0 bridgehead atoms. The second kappa shape index (κ2) is 7.79. The average molecular weight is 287 g/mol. The van der Waals surface area contributed by atoms with Crippen molar-refractivity contribution in [2.24, 2.45) is 5.16 Å². The predicted octanol–water partition coefficient (Wildman–Crippen LogP) is 2.96. The van der Waals surface area contributed by atoms with Crippen molar-refractivity contribution in [2.75, 3.05) is 20.3 Å². The largest absolute Gasteiger partial charge is 0.493 e. The zero-order valence-electron chi connectivity index (χ0n) is 11.7. The molecule has 0 spiro atoms. The third kappa shape index (κ3) is 4.42. The van der Waals surface area contributed by atoms with Crippen molar-refractivity contribution >= 4 is 6.21 Å². The number of rotatable bonds is 7. The summed E-state index contributed by atoms with van der Waals surface area (Å²) in [7, 11) is 1.61. The first-order chi connectivity index (χ1) is 10.3. The minimum atomic E-state index is 0.417. The van der Waals surface area contributed by atoms with Crippen LogP contribution in [0.15, 0.2) is 53.7 Å². The molecule has 2 rings (SSSR count). The predicted molar refractivity (Wildman–Crippen MR) is 79.8 cm³/mol. The van der Waals surface area contributed by atoms with E-state index in [-0.39, 0.29) is 0 Å². The topological polar surface area (TPSA) is 60.3 Å². The van der Waals surface area contributed by atoms with Crippen molar-refractivity contribution in [2.45, 2.75) is 0 Å². The monoisotopic (exact) mass is 287 g/mol. The minimum Gasteiger partial charge on any atom is -0.493 e. The first-order valence-electron chi connectivity index (χ1n) is 6.49. The molecule has 0 aromatic heterocycles. The highest BCUT2D eigenvalue weighted by atomic mass is 16.5. The molecule has 0 aliphatic heterocycles. The first kappa shape index (κ1) is 14.7. The maximum atomic E-state index is 8.42. The van der Waals surface area contributed by atoms with Crippen LogP contribution in [0, 0.1) is 0 Å². The lowest BCUT2D eigenvalue weighted by molar-refractivity contribution is 0.211. The molecular formula is C16H17NO4. The molecule has 110 valence electrons. The van der Waals surface area contributed by atoms with E-state index in [2.05, 4.69) is 5.16 Å². The fourth-order valence-corrected chi connectivity index (χ4v) is 1.77. The van der Waals surface area contributed by atoms with Gasteiger partial charge in [-0.25, -0.2) is 0 Å². The number of para-hydroxylation sites is 2. The van der Waals surface area contributed by atoms with Gasteiger partial charge in [-0.2, -0.15) is 0 Å². The van der Waals surface area contributed by atoms with Crippen molar-refractivity contribution in [3.63, 3.8) is 0 Å². The lowest BCUT2D eigenvalue weighted by Gasteiger charge is -2.11. The van der Waals surface area contributed by atoms with Crippen LogP contribution < -0.4 is 14.2 Å². The van der Waals surface area contributed by atoms with E-state index < -0.39 is 0 Å². The summed E-state index contributed by atoms with van der Waals surface area (Å²) in [4.78, 5) is 0. The zero-order chi connectivity index (χ0) is 14.9. The normalized spacial score (nSPS) is 10.5. The van der Waals surface area contributed by atoms with Crippen molar-refractivity contribution in [1.29, 1.82) is 0 Å². The SMILES string of the molecule is COc1ccccc1OCCOc1ccc(C=NO)cc1. The Hall–Kier alpha value is -2.69. The van der Waals surface area contributed by atoms with Crippen LogP contribution in [0.4, 0.5) is 0 Å². The molecule has 0 saturated heterocycles. The van der Waals surface area contributed by atoms with Gasteiger partial charge in [0.25, 0.3) is 0 Å². The summed E-state index contributed by atoms with van der Waals surface area (Å²) >= 11 is 0. The smallest absolute Gasteiger partial charge is 0.161 e. The van der Waals surface area contributed by atoms with Crippen molar-refractivity contribution in [3.05, 3.63) is 54.1 Å². The standard InChI is InChI=1S/C16H17NO4/c1-19-15-4-2-3-5-16(15)21-11-10-20-14-8-6-13(7-9-14)12-17-18/h2-9,12,18H,10-11H2,1H3. The van der Waals surface area contributed by atoms with E-state index in [4.69, 9.17) is 19.4 Å². The Balaban J connectivity index is 1.79. The zero-order valence-corrected chi connectivity index (χ0v) is 11.7. The van der Waals surface area contributed by atoms with Gasteiger partial charge < -0.3 is 19.4 Å². The first-order valence-corrected chi connectivity index (χ1v) is 6.49. The van der Waals surface area contributed by atoms with Crippen molar-refractivity contribution < 1.29 is 19.4 Å². The summed E-state index contributed by atoms with van der Waals surface area (Å²) in [6.07, 6.45) is 1.36. The molecule has 0 saturated carbocycles. The molecule has 2 aromatic carbocycles. The third-order valence-corrected chi connectivity index (χ3v) is 2.77. The summed E-state index contributed by atoms with van der Waals surface area (Å²) in [5.41, 5.74) is 0.801. The van der Waals surface area contributed by atoms with Gasteiger partial charge in [-0.05, 0) is 42.0 Å². The Morgan fingerprint density at radius 1 is 0.952 bits per heavy atom. The number of hydrogen-bond donors (Lipinski definition) is 1. The van der Waals surface area contributed by atoms with E-state index >= 15 is 0 Å². The summed E-state index contributed by atoms with van der Waals surface area (Å²) in [6.45, 7) is 0.839. The average Bonchev–Trinajstić information content (AvgIpc) is 2.54. The Morgan fingerprint density at radius 2 is 1.62 bits per heavy atom. The molecule has 0 aliphatic carbocycles. The second-order valence-corrected chi connectivity index (χ2v) is 4.16. The molecule has 0 radical (unpaired) electrons. The maximum Gasteiger partial charge on any atom is 0.161 e. The lowest BCUT2D eigenvalue weighted by Crippen LogP contribution is -2.09. The Kier molecular flexibility index (Phi) is 5.46. The van der Waals surface area contributed by atoms with Gasteiger partial charge in [0.05, 0.1) is 13.3 Å². The van der Waals surface area contributed by atoms with Gasteiger partial charge in [0.15, 0.2) is 11.5 Å². The van der Waals surface area contributed by atoms with Crippen LogP contribution in [-0.4, -0.2) is 31.7 Å². The highest BCUT2D eigenvalue weighted by Crippen LogP contribution is 2.25. The molecule has 1 N–H and O–H groups in total. The summed E-state index contributed by atoms with van der Waals surface area (Å²) < 4.78 is 16.4. The fourth-order valence-electron chi connectivity index (χ4n) is 1.77. The molecule has 21 heavy (non-hydrogen) atoms. The van der Waals surface area contributed by atoms with Gasteiger partial charge in [0.2, 0.25) is 0 Å². The molecule has 0 aliphatic rings. The fraction of sp³-hybridized carbons (Fsp3) is 0.188. The number of oxime groups is 1. The van der Waals surface area contributed by atoms with Crippen molar-refractivity contribution in [3.8, 4) is 17.2 Å². The minimum absolute atomic E-state index is 0.417. The van der Waals surface area contributed by atoms with Crippen LogP contribution in [0.3, 0.4) is 0 Å². The van der Waals surface area contributed by atoms with E-state index in [0.717, 1.165) is 11.3 Å². The number of hydrogen-bond acceptors (Lipinski definition) is 5. The van der Waals surface area contributed by atoms with Crippen LogP contribution in [0.25, 0.3) is 0 Å². The quantitative estimate of drug-likeness (QED) is 0.368. The van der Waals surface area contributed by atoms with Crippen LogP contribution in [0.2, 0.25) is 0 Å². The Bertz CT molecular complexity index is 581. The van der Waals surface area contributed by atoms with Crippen LogP contribution in [0.5, 0.6) is 17.2 Å². The van der Waals surface area contributed by atoms with E-state index in [1.54, 1.807) is 31.4 Å². The number of nitrogens with zero attached hydrogens (tertiary/aromatic N) is 1. The number of ether oxygens (including phenoxy) is 3. The Labute approximate surface area is 123 Å².